The quantitative estimate of drug-likeness (QED) is 0.565. The summed E-state index contributed by atoms with van der Waals surface area (Å²) in [5.74, 6) is 0. The molecule has 1 heterocycles. The van der Waals surface area contributed by atoms with Crippen molar-refractivity contribution in [2.45, 2.75) is 39.7 Å². The number of anilines is 1. The van der Waals surface area contributed by atoms with E-state index in [1.165, 1.54) is 41.2 Å². The van der Waals surface area contributed by atoms with Gasteiger partial charge in [0.15, 0.2) is 0 Å². The van der Waals surface area contributed by atoms with Crippen LogP contribution < -0.4 is 5.32 Å². The molecule has 1 aromatic heterocycles. The van der Waals surface area contributed by atoms with Crippen LogP contribution in [0.25, 0.3) is 21.7 Å². The van der Waals surface area contributed by atoms with E-state index in [1.54, 1.807) is 0 Å². The summed E-state index contributed by atoms with van der Waals surface area (Å²) in [5.41, 5.74) is 2.24. The highest BCUT2D eigenvalue weighted by molar-refractivity contribution is 6.01. The van der Waals surface area contributed by atoms with Crippen molar-refractivity contribution in [3.05, 3.63) is 48.7 Å². The Morgan fingerprint density at radius 2 is 1.76 bits per heavy atom. The Labute approximate surface area is 151 Å². The van der Waals surface area contributed by atoms with Crippen molar-refractivity contribution >= 4 is 27.4 Å². The van der Waals surface area contributed by atoms with Crippen LogP contribution in [0.3, 0.4) is 0 Å². The first-order chi connectivity index (χ1) is 12.2. The molecule has 3 heteroatoms. The minimum atomic E-state index is 0.452. The third-order valence-electron chi connectivity index (χ3n) is 5.02. The van der Waals surface area contributed by atoms with Gasteiger partial charge < -0.3 is 10.2 Å². The molecule has 0 spiro atoms. The number of nitrogens with one attached hydrogen (secondary N) is 1. The molecular formula is C22H29N3. The van der Waals surface area contributed by atoms with Crippen LogP contribution in [-0.2, 0) is 0 Å². The van der Waals surface area contributed by atoms with E-state index in [-0.39, 0.29) is 0 Å². The minimum Gasteiger partial charge on any atom is -0.382 e. The fraction of sp³-hybridized carbons (Fsp3) is 0.409. The first kappa shape index (κ1) is 17.7. The molecule has 1 atom stereocenters. The van der Waals surface area contributed by atoms with Crippen molar-refractivity contribution in [1.29, 1.82) is 0 Å². The first-order valence-electron chi connectivity index (χ1n) is 9.47. The Hall–Kier alpha value is -2.13. The van der Waals surface area contributed by atoms with E-state index in [2.05, 4.69) is 78.4 Å². The van der Waals surface area contributed by atoms with Crippen LogP contribution in [0.15, 0.2) is 48.7 Å². The average Bonchev–Trinajstić information content (AvgIpc) is 2.64. The maximum Gasteiger partial charge on any atom is 0.0729 e. The standard InChI is InChI=1S/C22H29N3/c1-4-25(5-2)14-8-9-17(3)24-21-12-13-23-22-16-19-11-7-6-10-18(19)15-20(21)22/h6-7,10-13,15-17H,4-5,8-9,14H2,1-3H3,(H,23,24)/t17-/m0/s1. The van der Waals surface area contributed by atoms with Crippen molar-refractivity contribution in [2.75, 3.05) is 25.0 Å². The third kappa shape index (κ3) is 4.29. The molecule has 2 aromatic carbocycles. The lowest BCUT2D eigenvalue weighted by Crippen LogP contribution is -2.25. The van der Waals surface area contributed by atoms with Crippen LogP contribution in [0.5, 0.6) is 0 Å². The molecule has 0 aliphatic carbocycles. The van der Waals surface area contributed by atoms with Crippen molar-refractivity contribution in [3.8, 4) is 0 Å². The van der Waals surface area contributed by atoms with Gasteiger partial charge in [0.25, 0.3) is 0 Å². The molecule has 0 amide bonds. The molecule has 0 radical (unpaired) electrons. The smallest absolute Gasteiger partial charge is 0.0729 e. The number of nitrogens with zero attached hydrogens (tertiary/aromatic N) is 2. The molecule has 0 saturated heterocycles. The zero-order chi connectivity index (χ0) is 17.6. The molecule has 132 valence electrons. The van der Waals surface area contributed by atoms with Crippen LogP contribution in [0.2, 0.25) is 0 Å². The highest BCUT2D eigenvalue weighted by Gasteiger charge is 2.08. The molecule has 0 aliphatic rings. The van der Waals surface area contributed by atoms with Crippen LogP contribution in [-0.4, -0.2) is 35.6 Å². The van der Waals surface area contributed by atoms with Gasteiger partial charge in [-0.05, 0) is 68.4 Å². The average molecular weight is 335 g/mol. The minimum absolute atomic E-state index is 0.452. The van der Waals surface area contributed by atoms with Gasteiger partial charge in [0.1, 0.15) is 0 Å². The normalized spacial score (nSPS) is 12.8. The number of fused-ring (bicyclic) bond motifs is 2. The van der Waals surface area contributed by atoms with Gasteiger partial charge in [-0.1, -0.05) is 38.1 Å². The third-order valence-corrected chi connectivity index (χ3v) is 5.02. The summed E-state index contributed by atoms with van der Waals surface area (Å²) < 4.78 is 0. The van der Waals surface area contributed by atoms with Gasteiger partial charge in [-0.3, -0.25) is 4.98 Å². The molecule has 3 aromatic rings. The molecule has 1 N–H and O–H groups in total. The lowest BCUT2D eigenvalue weighted by Gasteiger charge is -2.21. The summed E-state index contributed by atoms with van der Waals surface area (Å²) in [4.78, 5) is 7.05. The Kier molecular flexibility index (Phi) is 5.87. The van der Waals surface area contributed by atoms with Gasteiger partial charge >= 0.3 is 0 Å². The van der Waals surface area contributed by atoms with Gasteiger partial charge in [-0.15, -0.1) is 0 Å². The van der Waals surface area contributed by atoms with E-state index < -0.39 is 0 Å². The molecule has 3 rings (SSSR count). The van der Waals surface area contributed by atoms with E-state index in [4.69, 9.17) is 0 Å². The molecule has 3 nitrogen and oxygen atoms in total. The van der Waals surface area contributed by atoms with Gasteiger partial charge in [0.2, 0.25) is 0 Å². The van der Waals surface area contributed by atoms with Crippen LogP contribution >= 0.6 is 0 Å². The molecule has 0 saturated carbocycles. The molecule has 0 unspecified atom stereocenters. The highest BCUT2D eigenvalue weighted by atomic mass is 15.1. The largest absolute Gasteiger partial charge is 0.382 e. The Balaban J connectivity index is 1.73. The van der Waals surface area contributed by atoms with Crippen molar-refractivity contribution in [1.82, 2.24) is 9.88 Å². The summed E-state index contributed by atoms with van der Waals surface area (Å²) >= 11 is 0. The van der Waals surface area contributed by atoms with E-state index in [1.807, 2.05) is 6.20 Å². The first-order valence-corrected chi connectivity index (χ1v) is 9.47. The second kappa shape index (κ2) is 8.30. The molecular weight excluding hydrogens is 306 g/mol. The SMILES string of the molecule is CCN(CC)CCC[C@H](C)Nc1ccnc2cc3ccccc3cc12. The fourth-order valence-electron chi connectivity index (χ4n) is 3.46. The predicted molar refractivity (Wildman–Crippen MR) is 109 cm³/mol. The van der Waals surface area contributed by atoms with E-state index in [0.29, 0.717) is 6.04 Å². The summed E-state index contributed by atoms with van der Waals surface area (Å²) in [6.07, 6.45) is 4.30. The number of benzene rings is 2. The number of pyridine rings is 1. The Bertz CT molecular complexity index is 824. The van der Waals surface area contributed by atoms with E-state index >= 15 is 0 Å². The zero-order valence-corrected chi connectivity index (χ0v) is 15.6. The van der Waals surface area contributed by atoms with Gasteiger partial charge in [0.05, 0.1) is 5.52 Å². The summed E-state index contributed by atoms with van der Waals surface area (Å²) in [7, 11) is 0. The fourth-order valence-corrected chi connectivity index (χ4v) is 3.46. The van der Waals surface area contributed by atoms with Crippen molar-refractivity contribution in [3.63, 3.8) is 0 Å². The number of hydrogen-bond donors (Lipinski definition) is 1. The highest BCUT2D eigenvalue weighted by Crippen LogP contribution is 2.27. The van der Waals surface area contributed by atoms with E-state index in [0.717, 1.165) is 18.6 Å². The number of hydrogen-bond acceptors (Lipinski definition) is 3. The summed E-state index contributed by atoms with van der Waals surface area (Å²) in [5, 5.41) is 7.41. The van der Waals surface area contributed by atoms with E-state index in [9.17, 15) is 0 Å². The Morgan fingerprint density at radius 1 is 1.04 bits per heavy atom. The summed E-state index contributed by atoms with van der Waals surface area (Å²) in [6.45, 7) is 10.2. The molecule has 25 heavy (non-hydrogen) atoms. The second-order valence-corrected chi connectivity index (χ2v) is 6.79. The lowest BCUT2D eigenvalue weighted by molar-refractivity contribution is 0.295. The van der Waals surface area contributed by atoms with Crippen LogP contribution in [0, 0.1) is 0 Å². The second-order valence-electron chi connectivity index (χ2n) is 6.79. The summed E-state index contributed by atoms with van der Waals surface area (Å²) in [6, 6.07) is 15.5. The van der Waals surface area contributed by atoms with Crippen LogP contribution in [0.4, 0.5) is 5.69 Å². The van der Waals surface area contributed by atoms with Gasteiger partial charge in [-0.25, -0.2) is 0 Å². The molecule has 0 bridgehead atoms. The van der Waals surface area contributed by atoms with Crippen LogP contribution in [0.1, 0.15) is 33.6 Å². The topological polar surface area (TPSA) is 28.2 Å². The van der Waals surface area contributed by atoms with Gasteiger partial charge in [-0.2, -0.15) is 0 Å². The lowest BCUT2D eigenvalue weighted by atomic mass is 10.1. The van der Waals surface area contributed by atoms with Gasteiger partial charge in [0, 0.05) is 23.3 Å². The number of aromatic nitrogens is 1. The molecule has 0 aliphatic heterocycles. The monoisotopic (exact) mass is 335 g/mol. The maximum absolute atomic E-state index is 4.56. The Morgan fingerprint density at radius 3 is 2.48 bits per heavy atom. The maximum atomic E-state index is 4.56. The van der Waals surface area contributed by atoms with Crippen molar-refractivity contribution < 1.29 is 0 Å². The predicted octanol–water partition coefficient (Wildman–Crippen LogP) is 5.31. The van der Waals surface area contributed by atoms with Crippen molar-refractivity contribution in [2.24, 2.45) is 0 Å². The number of rotatable bonds is 8. The zero-order valence-electron chi connectivity index (χ0n) is 15.6. The molecule has 0 fully saturated rings.